The molecule has 3 N–H and O–H groups in total. The number of nitrogens with one attached hydrogen (secondary N) is 1. The van der Waals surface area contributed by atoms with Crippen LogP contribution < -0.4 is 4.72 Å². The molecule has 21 heavy (non-hydrogen) atoms. The van der Waals surface area contributed by atoms with Crippen molar-refractivity contribution in [3.63, 3.8) is 0 Å². The maximum atomic E-state index is 12.1. The second-order valence-electron chi connectivity index (χ2n) is 4.29. The van der Waals surface area contributed by atoms with E-state index in [4.69, 9.17) is 10.2 Å². The molecule has 9 heteroatoms. The van der Waals surface area contributed by atoms with Crippen LogP contribution in [0.2, 0.25) is 0 Å². The molecule has 1 atom stereocenters. The Morgan fingerprint density at radius 2 is 1.81 bits per heavy atom. The predicted molar refractivity (Wildman–Crippen MR) is 69.6 cm³/mol. The van der Waals surface area contributed by atoms with Crippen LogP contribution in [0.1, 0.15) is 12.0 Å². The van der Waals surface area contributed by atoms with Crippen LogP contribution in [0.15, 0.2) is 29.2 Å². The first-order chi connectivity index (χ1) is 9.72. The van der Waals surface area contributed by atoms with Crippen LogP contribution in [-0.2, 0) is 21.2 Å². The Morgan fingerprint density at radius 3 is 2.29 bits per heavy atom. The van der Waals surface area contributed by atoms with Crippen molar-refractivity contribution in [3.8, 4) is 0 Å². The minimum Gasteiger partial charge on any atom is -0.481 e. The van der Waals surface area contributed by atoms with Crippen molar-refractivity contribution in [1.29, 1.82) is 0 Å². The van der Waals surface area contributed by atoms with E-state index < -0.39 is 35.1 Å². The number of aryl methyl sites for hydroxylation is 1. The summed E-state index contributed by atoms with van der Waals surface area (Å²) in [4.78, 5) is 10.3. The number of hydrogen-bond donors (Lipinski definition) is 3. The number of benzene rings is 1. The molecule has 0 aliphatic heterocycles. The molecule has 0 radical (unpaired) electrons. The number of aliphatic hydroxyl groups excluding tert-OH is 1. The minimum absolute atomic E-state index is 0.0784. The maximum absolute atomic E-state index is 12.1. The van der Waals surface area contributed by atoms with Gasteiger partial charge in [0.2, 0.25) is 10.0 Å². The standard InChI is InChI=1S/C12H15F2NO5S/c13-12(14)10(16)7-15-21(19,20)9-4-1-8(2-5-9)3-6-11(17)18/h1-2,4-5,10,12,15-16H,3,6-7H2,(H,17,18). The van der Waals surface area contributed by atoms with Gasteiger partial charge in [0.1, 0.15) is 6.10 Å². The molecular formula is C12H15F2NO5S. The quantitative estimate of drug-likeness (QED) is 0.650. The number of halogens is 2. The van der Waals surface area contributed by atoms with Crippen molar-refractivity contribution in [3.05, 3.63) is 29.8 Å². The Hall–Kier alpha value is -1.58. The fourth-order valence-electron chi connectivity index (χ4n) is 1.45. The average Bonchev–Trinajstić information content (AvgIpc) is 2.43. The lowest BCUT2D eigenvalue weighted by Gasteiger charge is -2.11. The summed E-state index contributed by atoms with van der Waals surface area (Å²) < 4.78 is 49.6. The van der Waals surface area contributed by atoms with E-state index in [2.05, 4.69) is 0 Å². The van der Waals surface area contributed by atoms with Crippen LogP contribution in [0.3, 0.4) is 0 Å². The van der Waals surface area contributed by atoms with Crippen molar-refractivity contribution in [2.24, 2.45) is 0 Å². The molecule has 1 rings (SSSR count). The van der Waals surface area contributed by atoms with E-state index in [1.165, 1.54) is 24.3 Å². The Morgan fingerprint density at radius 1 is 1.24 bits per heavy atom. The van der Waals surface area contributed by atoms with Crippen molar-refractivity contribution < 1.29 is 32.2 Å². The summed E-state index contributed by atoms with van der Waals surface area (Å²) in [7, 11) is -4.00. The lowest BCUT2D eigenvalue weighted by atomic mass is 10.1. The van der Waals surface area contributed by atoms with Gasteiger partial charge in [-0.15, -0.1) is 0 Å². The van der Waals surface area contributed by atoms with Gasteiger partial charge in [0, 0.05) is 13.0 Å². The molecule has 6 nitrogen and oxygen atoms in total. The van der Waals surface area contributed by atoms with Gasteiger partial charge in [-0.2, -0.15) is 0 Å². The summed E-state index contributed by atoms with van der Waals surface area (Å²) in [5.41, 5.74) is 0.643. The highest BCUT2D eigenvalue weighted by molar-refractivity contribution is 7.89. The van der Waals surface area contributed by atoms with Crippen LogP contribution in [0, 0.1) is 0 Å². The third kappa shape index (κ3) is 5.74. The number of carboxylic acids is 1. The number of rotatable bonds is 8. The van der Waals surface area contributed by atoms with Crippen molar-refractivity contribution in [2.75, 3.05) is 6.54 Å². The summed E-state index contributed by atoms with van der Waals surface area (Å²) in [5, 5.41) is 17.4. The van der Waals surface area contributed by atoms with Crippen molar-refractivity contribution in [2.45, 2.75) is 30.3 Å². The first kappa shape index (κ1) is 17.5. The number of carbonyl (C=O) groups is 1. The molecule has 1 aromatic carbocycles. The Bertz CT molecular complexity index is 574. The highest BCUT2D eigenvalue weighted by Gasteiger charge is 2.21. The van der Waals surface area contributed by atoms with Gasteiger partial charge in [0.25, 0.3) is 6.43 Å². The molecule has 0 saturated carbocycles. The molecule has 0 bridgehead atoms. The molecule has 0 aromatic heterocycles. The molecular weight excluding hydrogens is 308 g/mol. The summed E-state index contributed by atoms with van der Waals surface area (Å²) in [6, 6.07) is 5.38. The van der Waals surface area contributed by atoms with E-state index in [1.54, 1.807) is 0 Å². The predicted octanol–water partition coefficient (Wildman–Crippen LogP) is 0.608. The molecule has 0 spiro atoms. The number of alkyl halides is 2. The van der Waals surface area contributed by atoms with E-state index in [0.29, 0.717) is 5.56 Å². The smallest absolute Gasteiger partial charge is 0.303 e. The van der Waals surface area contributed by atoms with Gasteiger partial charge in [0.15, 0.2) is 0 Å². The van der Waals surface area contributed by atoms with Gasteiger partial charge < -0.3 is 10.2 Å². The van der Waals surface area contributed by atoms with E-state index >= 15 is 0 Å². The van der Waals surface area contributed by atoms with Gasteiger partial charge in [-0.25, -0.2) is 21.9 Å². The number of aliphatic carboxylic acids is 1. The maximum Gasteiger partial charge on any atom is 0.303 e. The van der Waals surface area contributed by atoms with Gasteiger partial charge in [-0.1, -0.05) is 12.1 Å². The summed E-state index contributed by atoms with van der Waals surface area (Å²) in [6.45, 7) is -0.791. The lowest BCUT2D eigenvalue weighted by Crippen LogP contribution is -2.35. The Labute approximate surface area is 120 Å². The van der Waals surface area contributed by atoms with Gasteiger partial charge >= 0.3 is 5.97 Å². The molecule has 0 amide bonds. The molecule has 118 valence electrons. The van der Waals surface area contributed by atoms with E-state index in [9.17, 15) is 22.0 Å². The second kappa shape index (κ2) is 7.43. The number of aliphatic hydroxyl groups is 1. The highest BCUT2D eigenvalue weighted by Crippen LogP contribution is 2.12. The number of carboxylic acid groups (broad SMARTS) is 1. The first-order valence-electron chi connectivity index (χ1n) is 5.99. The highest BCUT2D eigenvalue weighted by atomic mass is 32.2. The zero-order valence-corrected chi connectivity index (χ0v) is 11.7. The third-order valence-corrected chi connectivity index (χ3v) is 4.07. The molecule has 0 aliphatic carbocycles. The van der Waals surface area contributed by atoms with Crippen LogP contribution in [-0.4, -0.2) is 43.7 Å². The van der Waals surface area contributed by atoms with Gasteiger partial charge in [-0.05, 0) is 24.1 Å². The van der Waals surface area contributed by atoms with E-state index in [-0.39, 0.29) is 17.7 Å². The molecule has 0 heterocycles. The second-order valence-corrected chi connectivity index (χ2v) is 6.06. The molecule has 0 saturated heterocycles. The summed E-state index contributed by atoms with van der Waals surface area (Å²) in [5.74, 6) is -0.964. The zero-order valence-electron chi connectivity index (χ0n) is 10.9. The zero-order chi connectivity index (χ0) is 16.0. The fraction of sp³-hybridized carbons (Fsp3) is 0.417. The number of sulfonamides is 1. The van der Waals surface area contributed by atoms with Crippen LogP contribution in [0.5, 0.6) is 0 Å². The molecule has 1 unspecified atom stereocenters. The monoisotopic (exact) mass is 323 g/mol. The molecule has 0 aliphatic rings. The first-order valence-corrected chi connectivity index (χ1v) is 7.47. The topological polar surface area (TPSA) is 104 Å². The van der Waals surface area contributed by atoms with Crippen molar-refractivity contribution in [1.82, 2.24) is 4.72 Å². The average molecular weight is 323 g/mol. The van der Waals surface area contributed by atoms with Crippen LogP contribution in [0.25, 0.3) is 0 Å². The summed E-state index contributed by atoms with van der Waals surface area (Å²) in [6.07, 6.45) is -4.93. The lowest BCUT2D eigenvalue weighted by molar-refractivity contribution is -0.136. The summed E-state index contributed by atoms with van der Waals surface area (Å²) >= 11 is 0. The third-order valence-electron chi connectivity index (χ3n) is 2.63. The SMILES string of the molecule is O=C(O)CCc1ccc(S(=O)(=O)NCC(O)C(F)F)cc1. The van der Waals surface area contributed by atoms with Crippen LogP contribution >= 0.6 is 0 Å². The Kier molecular flexibility index (Phi) is 6.19. The Balaban J connectivity index is 2.69. The largest absolute Gasteiger partial charge is 0.481 e. The van der Waals surface area contributed by atoms with E-state index in [1.807, 2.05) is 4.72 Å². The molecule has 0 fully saturated rings. The molecule has 1 aromatic rings. The minimum atomic E-state index is -4.00. The van der Waals surface area contributed by atoms with Gasteiger partial charge in [0.05, 0.1) is 4.90 Å². The van der Waals surface area contributed by atoms with Crippen molar-refractivity contribution >= 4 is 16.0 Å². The number of hydrogen-bond acceptors (Lipinski definition) is 4. The van der Waals surface area contributed by atoms with Gasteiger partial charge in [-0.3, -0.25) is 4.79 Å². The van der Waals surface area contributed by atoms with E-state index in [0.717, 1.165) is 0 Å². The fourth-order valence-corrected chi connectivity index (χ4v) is 2.51. The van der Waals surface area contributed by atoms with Crippen LogP contribution in [0.4, 0.5) is 8.78 Å². The normalized spacial score (nSPS) is 13.3.